The molecule has 1 aliphatic rings. The van der Waals surface area contributed by atoms with Crippen molar-refractivity contribution in [3.8, 4) is 0 Å². The topological polar surface area (TPSA) is 65.5 Å². The number of carbonyl (C=O) groups excluding carboxylic acids is 2. The molecule has 3 rings (SSSR count). The molecule has 2 heterocycles. The monoisotopic (exact) mass is 372 g/mol. The molecule has 6 nitrogen and oxygen atoms in total. The van der Waals surface area contributed by atoms with E-state index in [2.05, 4.69) is 10.3 Å². The van der Waals surface area contributed by atoms with Gasteiger partial charge in [0.25, 0.3) is 5.91 Å². The highest BCUT2D eigenvalue weighted by Gasteiger charge is 2.21. The van der Waals surface area contributed by atoms with Crippen molar-refractivity contribution in [3.63, 3.8) is 0 Å². The Hall–Kier alpha value is -2.60. The van der Waals surface area contributed by atoms with E-state index < -0.39 is 0 Å². The van der Waals surface area contributed by atoms with Gasteiger partial charge in [-0.25, -0.2) is 0 Å². The largest absolute Gasteiger partial charge is 0.353 e. The quantitative estimate of drug-likeness (QED) is 0.838. The second-order valence-corrected chi connectivity index (χ2v) is 6.87. The lowest BCUT2D eigenvalue weighted by Crippen LogP contribution is -2.48. The lowest BCUT2D eigenvalue weighted by Gasteiger charge is -2.32. The predicted molar refractivity (Wildman–Crippen MR) is 102 cm³/mol. The molecule has 0 unspecified atom stereocenters. The highest BCUT2D eigenvalue weighted by molar-refractivity contribution is 6.33. The summed E-state index contributed by atoms with van der Waals surface area (Å²) in [5, 5.41) is 3.89. The smallest absolute Gasteiger partial charge is 0.255 e. The Morgan fingerprint density at radius 3 is 2.54 bits per heavy atom. The van der Waals surface area contributed by atoms with Gasteiger partial charge in [-0.05, 0) is 37.1 Å². The molecule has 2 amide bonds. The number of hydrogen-bond acceptors (Lipinski definition) is 4. The summed E-state index contributed by atoms with van der Waals surface area (Å²) < 4.78 is 0. The Morgan fingerprint density at radius 1 is 1.15 bits per heavy atom. The van der Waals surface area contributed by atoms with Crippen molar-refractivity contribution < 1.29 is 9.59 Å². The number of nitrogens with one attached hydrogen (secondary N) is 1. The van der Waals surface area contributed by atoms with Gasteiger partial charge in [0, 0.05) is 32.4 Å². The maximum atomic E-state index is 12.7. The number of benzene rings is 1. The van der Waals surface area contributed by atoms with E-state index in [4.69, 9.17) is 11.6 Å². The van der Waals surface area contributed by atoms with Gasteiger partial charge >= 0.3 is 0 Å². The van der Waals surface area contributed by atoms with E-state index in [-0.39, 0.29) is 5.91 Å². The van der Waals surface area contributed by atoms with Gasteiger partial charge in [-0.15, -0.1) is 0 Å². The fourth-order valence-corrected chi connectivity index (χ4v) is 3.43. The Labute approximate surface area is 157 Å². The van der Waals surface area contributed by atoms with E-state index in [1.165, 1.54) is 0 Å². The first-order chi connectivity index (χ1) is 12.5. The predicted octanol–water partition coefficient (Wildman–Crippen LogP) is 3.01. The first-order valence-corrected chi connectivity index (χ1v) is 8.83. The fourth-order valence-electron chi connectivity index (χ4n) is 3.06. The van der Waals surface area contributed by atoms with E-state index in [9.17, 15) is 9.59 Å². The Kier molecular flexibility index (Phi) is 5.42. The molecule has 0 radical (unpaired) electrons. The molecular weight excluding hydrogens is 352 g/mol. The van der Waals surface area contributed by atoms with Crippen LogP contribution >= 0.6 is 11.6 Å². The third kappa shape index (κ3) is 3.96. The molecule has 26 heavy (non-hydrogen) atoms. The van der Waals surface area contributed by atoms with Gasteiger partial charge in [-0.2, -0.15) is 0 Å². The second-order valence-electron chi connectivity index (χ2n) is 6.46. The van der Waals surface area contributed by atoms with Gasteiger partial charge in [-0.1, -0.05) is 17.7 Å². The average molecular weight is 373 g/mol. The lowest BCUT2D eigenvalue weighted by molar-refractivity contribution is -0.119. The number of carbonyl (C=O) groups is 2. The van der Waals surface area contributed by atoms with Crippen molar-refractivity contribution in [3.05, 3.63) is 52.3 Å². The van der Waals surface area contributed by atoms with Crippen LogP contribution in [-0.2, 0) is 4.79 Å². The van der Waals surface area contributed by atoms with Crippen LogP contribution in [0.4, 0.5) is 11.4 Å². The van der Waals surface area contributed by atoms with Crippen LogP contribution < -0.4 is 5.32 Å². The standard InChI is InChI=1S/C19H21ClN4O2/c1-13-7-14(2)18(17(20)8-13)22-16-9-15(10-21-11-16)19(26)24-5-3-23(12-25)4-6-24/h7-12,22H,3-6H2,1-2H3. The molecule has 1 aromatic heterocycles. The van der Waals surface area contributed by atoms with Crippen molar-refractivity contribution >= 4 is 35.3 Å². The molecule has 1 aromatic carbocycles. The fraction of sp³-hybridized carbons (Fsp3) is 0.316. The first-order valence-electron chi connectivity index (χ1n) is 8.45. The van der Waals surface area contributed by atoms with Crippen LogP contribution in [-0.4, -0.2) is 53.3 Å². The number of aryl methyl sites for hydroxylation is 2. The molecule has 1 aliphatic heterocycles. The van der Waals surface area contributed by atoms with Crippen LogP contribution in [0.3, 0.4) is 0 Å². The SMILES string of the molecule is Cc1cc(C)c(Nc2cncc(C(=O)N3CCN(C=O)CC3)c2)c(Cl)c1. The van der Waals surface area contributed by atoms with E-state index in [1.54, 1.807) is 28.3 Å². The van der Waals surface area contributed by atoms with Gasteiger partial charge in [-0.3, -0.25) is 14.6 Å². The van der Waals surface area contributed by atoms with Crippen LogP contribution in [0.1, 0.15) is 21.5 Å². The number of halogens is 1. The van der Waals surface area contributed by atoms with Gasteiger partial charge in [0.2, 0.25) is 6.41 Å². The summed E-state index contributed by atoms with van der Waals surface area (Å²) >= 11 is 6.34. The minimum Gasteiger partial charge on any atom is -0.353 e. The summed E-state index contributed by atoms with van der Waals surface area (Å²) in [6.07, 6.45) is 4.04. The lowest BCUT2D eigenvalue weighted by atomic mass is 10.1. The number of nitrogens with zero attached hydrogens (tertiary/aromatic N) is 3. The number of pyridine rings is 1. The molecule has 0 aliphatic carbocycles. The zero-order valence-corrected chi connectivity index (χ0v) is 15.6. The number of amides is 2. The van der Waals surface area contributed by atoms with Crippen molar-refractivity contribution in [1.29, 1.82) is 0 Å². The normalized spacial score (nSPS) is 14.3. The molecule has 0 bridgehead atoms. The summed E-state index contributed by atoms with van der Waals surface area (Å²) in [6, 6.07) is 5.71. The molecule has 2 aromatic rings. The molecule has 0 spiro atoms. The van der Waals surface area contributed by atoms with Gasteiger partial charge in [0.1, 0.15) is 0 Å². The number of rotatable bonds is 4. The van der Waals surface area contributed by atoms with Crippen LogP contribution in [0.25, 0.3) is 0 Å². The summed E-state index contributed by atoms with van der Waals surface area (Å²) in [7, 11) is 0. The van der Waals surface area contributed by atoms with Crippen LogP contribution in [0.5, 0.6) is 0 Å². The maximum Gasteiger partial charge on any atom is 0.255 e. The maximum absolute atomic E-state index is 12.7. The van der Waals surface area contributed by atoms with E-state index >= 15 is 0 Å². The molecule has 1 N–H and O–H groups in total. The molecule has 0 saturated carbocycles. The van der Waals surface area contributed by atoms with Crippen molar-refractivity contribution in [2.45, 2.75) is 13.8 Å². The van der Waals surface area contributed by atoms with Crippen LogP contribution in [0.15, 0.2) is 30.6 Å². The van der Waals surface area contributed by atoms with E-state index in [1.807, 2.05) is 26.0 Å². The molecular formula is C19H21ClN4O2. The van der Waals surface area contributed by atoms with E-state index in [0.29, 0.717) is 42.5 Å². The van der Waals surface area contributed by atoms with Gasteiger partial charge in [0.05, 0.1) is 28.2 Å². The van der Waals surface area contributed by atoms with Gasteiger partial charge in [0.15, 0.2) is 0 Å². The first kappa shape index (κ1) is 18.2. The zero-order valence-electron chi connectivity index (χ0n) is 14.8. The van der Waals surface area contributed by atoms with Crippen molar-refractivity contribution in [2.75, 3.05) is 31.5 Å². The number of aromatic nitrogens is 1. The average Bonchev–Trinajstić information content (AvgIpc) is 2.64. The Morgan fingerprint density at radius 2 is 1.88 bits per heavy atom. The van der Waals surface area contributed by atoms with Crippen LogP contribution in [0.2, 0.25) is 5.02 Å². The number of hydrogen-bond donors (Lipinski definition) is 1. The Bertz CT molecular complexity index is 809. The van der Waals surface area contributed by atoms with Gasteiger partial charge < -0.3 is 15.1 Å². The third-order valence-corrected chi connectivity index (χ3v) is 4.73. The summed E-state index contributed by atoms with van der Waals surface area (Å²) in [4.78, 5) is 31.1. The number of anilines is 2. The summed E-state index contributed by atoms with van der Waals surface area (Å²) in [5.41, 5.74) is 4.14. The Balaban J connectivity index is 1.76. The van der Waals surface area contributed by atoms with E-state index in [0.717, 1.165) is 23.2 Å². The molecule has 7 heteroatoms. The molecule has 1 fully saturated rings. The number of piperazine rings is 1. The molecule has 1 saturated heterocycles. The minimum atomic E-state index is -0.0848. The van der Waals surface area contributed by atoms with Crippen molar-refractivity contribution in [1.82, 2.24) is 14.8 Å². The zero-order chi connectivity index (χ0) is 18.7. The minimum absolute atomic E-state index is 0.0848. The molecule has 0 atom stereocenters. The molecule has 136 valence electrons. The summed E-state index contributed by atoms with van der Waals surface area (Å²) in [6.45, 7) is 6.14. The van der Waals surface area contributed by atoms with Crippen molar-refractivity contribution in [2.24, 2.45) is 0 Å². The third-order valence-electron chi connectivity index (χ3n) is 4.44. The second kappa shape index (κ2) is 7.74. The summed E-state index contributed by atoms with van der Waals surface area (Å²) in [5.74, 6) is -0.0848. The highest BCUT2D eigenvalue weighted by atomic mass is 35.5. The highest BCUT2D eigenvalue weighted by Crippen LogP contribution is 2.30. The van der Waals surface area contributed by atoms with Crippen LogP contribution in [0, 0.1) is 13.8 Å².